The van der Waals surface area contributed by atoms with Crippen molar-refractivity contribution in [1.82, 2.24) is 5.32 Å². The molecule has 0 aliphatic rings. The average molecular weight is 272 g/mol. The number of rotatable bonds is 6. The number of halogens is 1. The van der Waals surface area contributed by atoms with Gasteiger partial charge in [0.25, 0.3) is 5.91 Å². The van der Waals surface area contributed by atoms with Crippen molar-refractivity contribution in [2.24, 2.45) is 0 Å². The second-order valence-electron chi connectivity index (χ2n) is 4.07. The summed E-state index contributed by atoms with van der Waals surface area (Å²) in [6, 6.07) is 5.21. The number of benzene rings is 1. The molecule has 1 aromatic carbocycles. The monoisotopic (exact) mass is 271 g/mol. The van der Waals surface area contributed by atoms with E-state index in [-0.39, 0.29) is 19.1 Å². The summed E-state index contributed by atoms with van der Waals surface area (Å²) in [6.07, 6.45) is 0.101. The van der Waals surface area contributed by atoms with Gasteiger partial charge < -0.3 is 15.2 Å². The smallest absolute Gasteiger partial charge is 0.258 e. The van der Waals surface area contributed by atoms with Crippen LogP contribution >= 0.6 is 11.6 Å². The third kappa shape index (κ3) is 4.94. The number of ether oxygens (including phenoxy) is 1. The highest BCUT2D eigenvalue weighted by molar-refractivity contribution is 6.31. The summed E-state index contributed by atoms with van der Waals surface area (Å²) in [5, 5.41) is 12.5. The zero-order chi connectivity index (χ0) is 13.5. The van der Waals surface area contributed by atoms with Crippen LogP contribution in [0.3, 0.4) is 0 Å². The van der Waals surface area contributed by atoms with Gasteiger partial charge in [0.1, 0.15) is 5.75 Å². The molecule has 0 radical (unpaired) electrons. The van der Waals surface area contributed by atoms with Crippen LogP contribution in [-0.4, -0.2) is 30.3 Å². The Morgan fingerprint density at radius 3 is 2.89 bits per heavy atom. The van der Waals surface area contributed by atoms with Crippen molar-refractivity contribution < 1.29 is 14.6 Å². The molecule has 0 aliphatic carbocycles. The van der Waals surface area contributed by atoms with Crippen molar-refractivity contribution in [3.8, 4) is 5.75 Å². The van der Waals surface area contributed by atoms with Gasteiger partial charge in [-0.3, -0.25) is 4.79 Å². The third-order valence-corrected chi connectivity index (χ3v) is 2.93. The molecule has 1 amide bonds. The lowest BCUT2D eigenvalue weighted by Gasteiger charge is -2.10. The molecule has 0 unspecified atom stereocenters. The number of aliphatic hydroxyl groups is 1. The lowest BCUT2D eigenvalue weighted by molar-refractivity contribution is -0.123. The first-order valence-electron chi connectivity index (χ1n) is 5.86. The maximum atomic E-state index is 11.4. The summed E-state index contributed by atoms with van der Waals surface area (Å²) in [6.45, 7) is 3.90. The standard InChI is InChI=1S/C13H18ClNO3/c1-3-10(16)7-15-13(17)8-18-11-4-5-12(14)9(2)6-11/h4-6,10,16H,3,7-8H2,1-2H3,(H,15,17)/t10-/m0/s1. The van der Waals surface area contributed by atoms with Crippen LogP contribution in [0.5, 0.6) is 5.75 Å². The zero-order valence-electron chi connectivity index (χ0n) is 10.6. The van der Waals surface area contributed by atoms with E-state index in [2.05, 4.69) is 5.32 Å². The van der Waals surface area contributed by atoms with E-state index in [1.165, 1.54) is 0 Å². The highest BCUT2D eigenvalue weighted by atomic mass is 35.5. The number of carbonyl (C=O) groups is 1. The number of hydrogen-bond acceptors (Lipinski definition) is 3. The van der Waals surface area contributed by atoms with Crippen LogP contribution in [0, 0.1) is 6.92 Å². The quantitative estimate of drug-likeness (QED) is 0.831. The number of aryl methyl sites for hydroxylation is 1. The summed E-state index contributed by atoms with van der Waals surface area (Å²) in [5.74, 6) is 0.346. The minimum absolute atomic E-state index is 0.0719. The molecule has 18 heavy (non-hydrogen) atoms. The van der Waals surface area contributed by atoms with Crippen molar-refractivity contribution >= 4 is 17.5 Å². The minimum atomic E-state index is -0.508. The van der Waals surface area contributed by atoms with E-state index < -0.39 is 6.10 Å². The number of carbonyl (C=O) groups excluding carboxylic acids is 1. The molecule has 1 atom stereocenters. The van der Waals surface area contributed by atoms with Crippen molar-refractivity contribution in [3.63, 3.8) is 0 Å². The van der Waals surface area contributed by atoms with E-state index in [1.807, 2.05) is 13.8 Å². The zero-order valence-corrected chi connectivity index (χ0v) is 11.3. The van der Waals surface area contributed by atoms with Crippen molar-refractivity contribution in [1.29, 1.82) is 0 Å². The summed E-state index contributed by atoms with van der Waals surface area (Å²) in [4.78, 5) is 11.4. The van der Waals surface area contributed by atoms with Crippen LogP contribution in [0.15, 0.2) is 18.2 Å². The average Bonchev–Trinajstić information content (AvgIpc) is 2.37. The predicted molar refractivity (Wildman–Crippen MR) is 71.0 cm³/mol. The third-order valence-electron chi connectivity index (χ3n) is 2.51. The Labute approximate surface area is 112 Å². The van der Waals surface area contributed by atoms with Gasteiger partial charge in [-0.2, -0.15) is 0 Å². The summed E-state index contributed by atoms with van der Waals surface area (Å²) < 4.78 is 5.32. The molecule has 2 N–H and O–H groups in total. The maximum Gasteiger partial charge on any atom is 0.258 e. The molecular weight excluding hydrogens is 254 g/mol. The first-order valence-corrected chi connectivity index (χ1v) is 6.24. The molecule has 100 valence electrons. The van der Waals surface area contributed by atoms with E-state index in [0.717, 1.165) is 5.56 Å². The Balaban J connectivity index is 2.36. The van der Waals surface area contributed by atoms with Crippen LogP contribution in [0.25, 0.3) is 0 Å². The molecule has 0 aliphatic heterocycles. The molecule has 5 heteroatoms. The number of nitrogens with one attached hydrogen (secondary N) is 1. The first kappa shape index (κ1) is 14.8. The van der Waals surface area contributed by atoms with Crippen LogP contribution in [-0.2, 0) is 4.79 Å². The van der Waals surface area contributed by atoms with E-state index in [1.54, 1.807) is 18.2 Å². The van der Waals surface area contributed by atoms with Crippen LogP contribution in [0.2, 0.25) is 5.02 Å². The van der Waals surface area contributed by atoms with Gasteiger partial charge in [0.15, 0.2) is 6.61 Å². The highest BCUT2D eigenvalue weighted by Gasteiger charge is 2.06. The van der Waals surface area contributed by atoms with Gasteiger partial charge in [0, 0.05) is 11.6 Å². The molecule has 1 rings (SSSR count). The fraction of sp³-hybridized carbons (Fsp3) is 0.462. The number of hydrogen-bond donors (Lipinski definition) is 2. The van der Waals surface area contributed by atoms with Gasteiger partial charge in [-0.1, -0.05) is 18.5 Å². The summed E-state index contributed by atoms with van der Waals surface area (Å²) in [5.41, 5.74) is 0.899. The van der Waals surface area contributed by atoms with Crippen molar-refractivity contribution in [2.75, 3.05) is 13.2 Å². The fourth-order valence-electron chi connectivity index (χ4n) is 1.28. The van der Waals surface area contributed by atoms with Gasteiger partial charge in [0.05, 0.1) is 6.10 Å². The summed E-state index contributed by atoms with van der Waals surface area (Å²) >= 11 is 5.88. The molecular formula is C13H18ClNO3. The molecule has 0 spiro atoms. The van der Waals surface area contributed by atoms with Crippen LogP contribution < -0.4 is 10.1 Å². The molecule has 0 saturated heterocycles. The van der Waals surface area contributed by atoms with Crippen LogP contribution in [0.1, 0.15) is 18.9 Å². The molecule has 0 aromatic heterocycles. The molecule has 1 aromatic rings. The van der Waals surface area contributed by atoms with E-state index in [9.17, 15) is 9.90 Å². The first-order chi connectivity index (χ1) is 8.52. The van der Waals surface area contributed by atoms with Crippen molar-refractivity contribution in [2.45, 2.75) is 26.4 Å². The SMILES string of the molecule is CC[C@H](O)CNC(=O)COc1ccc(Cl)c(C)c1. The molecule has 4 nitrogen and oxygen atoms in total. The Morgan fingerprint density at radius 1 is 1.56 bits per heavy atom. The second-order valence-corrected chi connectivity index (χ2v) is 4.47. The number of aliphatic hydroxyl groups excluding tert-OH is 1. The van der Waals surface area contributed by atoms with E-state index >= 15 is 0 Å². The minimum Gasteiger partial charge on any atom is -0.484 e. The van der Waals surface area contributed by atoms with Crippen molar-refractivity contribution in [3.05, 3.63) is 28.8 Å². The fourth-order valence-corrected chi connectivity index (χ4v) is 1.40. The Bertz CT molecular complexity index is 409. The lowest BCUT2D eigenvalue weighted by atomic mass is 10.2. The molecule has 0 fully saturated rings. The van der Waals surface area contributed by atoms with E-state index in [4.69, 9.17) is 16.3 Å². The van der Waals surface area contributed by atoms with E-state index in [0.29, 0.717) is 17.2 Å². The Morgan fingerprint density at radius 2 is 2.28 bits per heavy atom. The highest BCUT2D eigenvalue weighted by Crippen LogP contribution is 2.20. The Hall–Kier alpha value is -1.26. The van der Waals surface area contributed by atoms with Gasteiger partial charge in [0.2, 0.25) is 0 Å². The Kier molecular flexibility index (Phi) is 5.95. The topological polar surface area (TPSA) is 58.6 Å². The van der Waals surface area contributed by atoms with Crippen LogP contribution in [0.4, 0.5) is 0 Å². The molecule has 0 heterocycles. The summed E-state index contributed by atoms with van der Waals surface area (Å²) in [7, 11) is 0. The molecule has 0 bridgehead atoms. The number of amides is 1. The van der Waals surface area contributed by atoms with Gasteiger partial charge >= 0.3 is 0 Å². The largest absolute Gasteiger partial charge is 0.484 e. The lowest BCUT2D eigenvalue weighted by Crippen LogP contribution is -2.35. The maximum absolute atomic E-state index is 11.4. The van der Waals surface area contributed by atoms with Gasteiger partial charge in [-0.15, -0.1) is 0 Å². The molecule has 0 saturated carbocycles. The second kappa shape index (κ2) is 7.24. The van der Waals surface area contributed by atoms with Gasteiger partial charge in [-0.25, -0.2) is 0 Å². The normalized spacial score (nSPS) is 12.0. The van der Waals surface area contributed by atoms with Gasteiger partial charge in [-0.05, 0) is 37.1 Å². The predicted octanol–water partition coefficient (Wildman–Crippen LogP) is 1.91.